The van der Waals surface area contributed by atoms with Crippen LogP contribution in [0.4, 0.5) is 0 Å². The topological polar surface area (TPSA) is 95.8 Å². The molecule has 0 fully saturated rings. The number of pyridine rings is 1. The van der Waals surface area contributed by atoms with Crippen LogP contribution in [-0.4, -0.2) is 28.7 Å². The average Bonchev–Trinajstić information content (AvgIpc) is 2.77. The lowest BCUT2D eigenvalue weighted by Crippen LogP contribution is -2.25. The van der Waals surface area contributed by atoms with Crippen molar-refractivity contribution in [1.29, 1.82) is 0 Å². The van der Waals surface area contributed by atoms with E-state index in [-0.39, 0.29) is 24.2 Å². The van der Waals surface area contributed by atoms with Crippen molar-refractivity contribution in [3.8, 4) is 0 Å². The summed E-state index contributed by atoms with van der Waals surface area (Å²) in [6, 6.07) is 3.55. The fraction of sp³-hybridized carbons (Fsp3) is 0.308. The smallest absolute Gasteiger partial charge is 0.248 e. The standard InChI is InChI=1S/C13H15N5O2/c1-9-11(13(20)18-16-9)2-3-12(19)17-15-8-10-4-6-14-7-5-10/h4-8,11H,2-3H2,1H3,(H,17,19)(H,18,20)/b15-8-/t11-/m1/s1. The number of hydrogen-bond acceptors (Lipinski definition) is 5. The van der Waals surface area contributed by atoms with Crippen LogP contribution >= 0.6 is 0 Å². The third kappa shape index (κ3) is 3.71. The highest BCUT2D eigenvalue weighted by atomic mass is 16.2. The molecule has 0 aromatic carbocycles. The van der Waals surface area contributed by atoms with Gasteiger partial charge in [0.1, 0.15) is 0 Å². The minimum absolute atomic E-state index is 0.157. The molecule has 1 aromatic heterocycles. The molecular weight excluding hydrogens is 258 g/mol. The maximum atomic E-state index is 11.6. The van der Waals surface area contributed by atoms with Crippen LogP contribution in [0.5, 0.6) is 0 Å². The maximum Gasteiger partial charge on any atom is 0.248 e. The summed E-state index contributed by atoms with van der Waals surface area (Å²) in [5.74, 6) is -0.705. The molecule has 1 aliphatic rings. The number of hydrazone groups is 2. The summed E-state index contributed by atoms with van der Waals surface area (Å²) in [6.45, 7) is 1.77. The molecular formula is C13H15N5O2. The van der Waals surface area contributed by atoms with Gasteiger partial charge in [-0.25, -0.2) is 10.9 Å². The molecule has 1 aliphatic heterocycles. The van der Waals surface area contributed by atoms with Crippen LogP contribution in [0.2, 0.25) is 0 Å². The van der Waals surface area contributed by atoms with E-state index in [0.29, 0.717) is 12.1 Å². The molecule has 7 heteroatoms. The zero-order chi connectivity index (χ0) is 14.4. The molecule has 0 saturated carbocycles. The minimum Gasteiger partial charge on any atom is -0.273 e. The number of carbonyl (C=O) groups excluding carboxylic acids is 2. The van der Waals surface area contributed by atoms with Crippen LogP contribution < -0.4 is 10.9 Å². The van der Waals surface area contributed by atoms with E-state index in [9.17, 15) is 9.59 Å². The van der Waals surface area contributed by atoms with Gasteiger partial charge in [0.05, 0.1) is 12.1 Å². The van der Waals surface area contributed by atoms with Gasteiger partial charge in [0.2, 0.25) is 11.8 Å². The van der Waals surface area contributed by atoms with E-state index in [0.717, 1.165) is 5.56 Å². The molecule has 0 unspecified atom stereocenters. The number of amides is 2. The molecule has 1 atom stereocenters. The van der Waals surface area contributed by atoms with Crippen molar-refractivity contribution in [3.05, 3.63) is 30.1 Å². The summed E-state index contributed by atoms with van der Waals surface area (Å²) < 4.78 is 0. The van der Waals surface area contributed by atoms with Gasteiger partial charge in [-0.2, -0.15) is 10.2 Å². The Morgan fingerprint density at radius 2 is 2.25 bits per heavy atom. The number of aromatic nitrogens is 1. The van der Waals surface area contributed by atoms with E-state index in [1.807, 2.05) is 0 Å². The van der Waals surface area contributed by atoms with Gasteiger partial charge in [0.25, 0.3) is 0 Å². The average molecular weight is 273 g/mol. The fourth-order valence-electron chi connectivity index (χ4n) is 1.79. The number of nitrogens with zero attached hydrogens (tertiary/aromatic N) is 3. The van der Waals surface area contributed by atoms with Crippen LogP contribution in [0.1, 0.15) is 25.3 Å². The fourth-order valence-corrected chi connectivity index (χ4v) is 1.79. The highest BCUT2D eigenvalue weighted by Gasteiger charge is 2.26. The van der Waals surface area contributed by atoms with Gasteiger partial charge in [0.15, 0.2) is 0 Å². The molecule has 7 nitrogen and oxygen atoms in total. The first-order valence-electron chi connectivity index (χ1n) is 6.23. The zero-order valence-electron chi connectivity index (χ0n) is 11.0. The van der Waals surface area contributed by atoms with E-state index in [1.54, 1.807) is 31.5 Å². The first kappa shape index (κ1) is 13.9. The van der Waals surface area contributed by atoms with Gasteiger partial charge >= 0.3 is 0 Å². The molecule has 20 heavy (non-hydrogen) atoms. The molecule has 1 aromatic rings. The van der Waals surface area contributed by atoms with E-state index in [1.165, 1.54) is 6.21 Å². The monoisotopic (exact) mass is 273 g/mol. The highest BCUT2D eigenvalue weighted by molar-refractivity contribution is 6.07. The van der Waals surface area contributed by atoms with Crippen molar-refractivity contribution in [1.82, 2.24) is 15.8 Å². The van der Waals surface area contributed by atoms with Crippen LogP contribution in [-0.2, 0) is 9.59 Å². The number of carbonyl (C=O) groups is 2. The van der Waals surface area contributed by atoms with Gasteiger partial charge in [-0.1, -0.05) is 0 Å². The Bertz CT molecular complexity index is 553. The maximum absolute atomic E-state index is 11.6. The Labute approximate surface area is 116 Å². The second kappa shape index (κ2) is 6.55. The Hall–Kier alpha value is -2.57. The second-order valence-corrected chi connectivity index (χ2v) is 4.39. The second-order valence-electron chi connectivity index (χ2n) is 4.39. The first-order valence-corrected chi connectivity index (χ1v) is 6.23. The Balaban J connectivity index is 1.75. The van der Waals surface area contributed by atoms with Crippen LogP contribution in [0.3, 0.4) is 0 Å². The van der Waals surface area contributed by atoms with E-state index < -0.39 is 0 Å². The molecule has 104 valence electrons. The Kier molecular flexibility index (Phi) is 4.54. The first-order chi connectivity index (χ1) is 9.66. The van der Waals surface area contributed by atoms with Gasteiger partial charge in [-0.3, -0.25) is 14.6 Å². The lowest BCUT2D eigenvalue weighted by molar-refractivity contribution is -0.123. The molecule has 0 bridgehead atoms. The minimum atomic E-state index is -0.315. The number of rotatable bonds is 5. The summed E-state index contributed by atoms with van der Waals surface area (Å²) in [7, 11) is 0. The highest BCUT2D eigenvalue weighted by Crippen LogP contribution is 2.13. The van der Waals surface area contributed by atoms with Crippen LogP contribution in [0.25, 0.3) is 0 Å². The lowest BCUT2D eigenvalue weighted by Gasteiger charge is -2.06. The predicted octanol–water partition coefficient (Wildman–Crippen LogP) is 0.434. The summed E-state index contributed by atoms with van der Waals surface area (Å²) in [5, 5.41) is 7.67. The van der Waals surface area contributed by atoms with Crippen LogP contribution in [0.15, 0.2) is 34.7 Å². The summed E-state index contributed by atoms with van der Waals surface area (Å²) in [6.07, 6.45) is 5.47. The van der Waals surface area contributed by atoms with E-state index in [2.05, 4.69) is 26.0 Å². The zero-order valence-corrected chi connectivity index (χ0v) is 11.0. The quantitative estimate of drug-likeness (QED) is 0.601. The largest absolute Gasteiger partial charge is 0.273 e. The Morgan fingerprint density at radius 1 is 1.50 bits per heavy atom. The van der Waals surface area contributed by atoms with Crippen molar-refractivity contribution in [2.45, 2.75) is 19.8 Å². The number of nitrogens with one attached hydrogen (secondary N) is 2. The third-order valence-corrected chi connectivity index (χ3v) is 2.93. The SMILES string of the molecule is CC1=NNC(=O)[C@@H]1CCC(=O)N/N=C\c1ccncc1. The Morgan fingerprint density at radius 3 is 2.90 bits per heavy atom. The normalized spacial score (nSPS) is 17.9. The van der Waals surface area contributed by atoms with Gasteiger partial charge in [-0.15, -0.1) is 0 Å². The molecule has 2 heterocycles. The van der Waals surface area contributed by atoms with E-state index in [4.69, 9.17) is 0 Å². The molecule has 0 spiro atoms. The lowest BCUT2D eigenvalue weighted by atomic mass is 9.99. The van der Waals surface area contributed by atoms with Crippen molar-refractivity contribution >= 4 is 23.7 Å². The molecule has 0 radical (unpaired) electrons. The van der Waals surface area contributed by atoms with Crippen molar-refractivity contribution in [2.24, 2.45) is 16.1 Å². The molecule has 2 N–H and O–H groups in total. The predicted molar refractivity (Wildman–Crippen MR) is 73.9 cm³/mol. The van der Waals surface area contributed by atoms with Gasteiger partial charge in [-0.05, 0) is 31.0 Å². The summed E-state index contributed by atoms with van der Waals surface area (Å²) in [5.41, 5.74) is 6.37. The molecule has 0 saturated heterocycles. The summed E-state index contributed by atoms with van der Waals surface area (Å²) in [4.78, 5) is 26.9. The molecule has 0 aliphatic carbocycles. The van der Waals surface area contributed by atoms with Crippen molar-refractivity contribution in [3.63, 3.8) is 0 Å². The van der Waals surface area contributed by atoms with Crippen molar-refractivity contribution < 1.29 is 9.59 Å². The van der Waals surface area contributed by atoms with E-state index >= 15 is 0 Å². The van der Waals surface area contributed by atoms with Gasteiger partial charge in [0, 0.05) is 24.5 Å². The van der Waals surface area contributed by atoms with Crippen molar-refractivity contribution in [2.75, 3.05) is 0 Å². The van der Waals surface area contributed by atoms with Gasteiger partial charge < -0.3 is 0 Å². The molecule has 2 amide bonds. The summed E-state index contributed by atoms with van der Waals surface area (Å²) >= 11 is 0. The van der Waals surface area contributed by atoms with Crippen LogP contribution in [0, 0.1) is 5.92 Å². The molecule has 2 rings (SSSR count). The third-order valence-electron chi connectivity index (χ3n) is 2.93. The number of hydrogen-bond donors (Lipinski definition) is 2.